The average Bonchev–Trinajstić information content (AvgIpc) is 2.25. The van der Waals surface area contributed by atoms with Gasteiger partial charge in [-0.25, -0.2) is 4.98 Å². The maximum absolute atomic E-state index is 5.75. The Morgan fingerprint density at radius 1 is 1.56 bits per heavy atom. The Morgan fingerprint density at radius 2 is 2.22 bits per heavy atom. The summed E-state index contributed by atoms with van der Waals surface area (Å²) in [7, 11) is 0. The third kappa shape index (κ3) is 3.92. The van der Waals surface area contributed by atoms with Crippen molar-refractivity contribution in [2.24, 2.45) is 5.73 Å². The van der Waals surface area contributed by atoms with Crippen LogP contribution < -0.4 is 11.1 Å². The van der Waals surface area contributed by atoms with Crippen molar-refractivity contribution in [3.05, 3.63) is 22.9 Å². The molecule has 5 heteroatoms. The number of thiocarbonyl (C=S) groups is 1. The summed E-state index contributed by atoms with van der Waals surface area (Å²) >= 11 is 5.08. The van der Waals surface area contributed by atoms with Crippen molar-refractivity contribution in [1.82, 2.24) is 4.98 Å². The van der Waals surface area contributed by atoms with Crippen LogP contribution in [0.4, 0.5) is 5.82 Å². The molecule has 1 aromatic heterocycles. The van der Waals surface area contributed by atoms with Crippen molar-refractivity contribution >= 4 is 23.0 Å². The lowest BCUT2D eigenvalue weighted by Gasteiger charge is -2.17. The van der Waals surface area contributed by atoms with E-state index in [-0.39, 0.29) is 6.10 Å². The van der Waals surface area contributed by atoms with Crippen molar-refractivity contribution in [3.8, 4) is 0 Å². The summed E-state index contributed by atoms with van der Waals surface area (Å²) in [6, 6.07) is 1.98. The molecule has 0 spiro atoms. The molecule has 1 unspecified atom stereocenters. The molecular weight excluding hydrogens is 246 g/mol. The largest absolute Gasteiger partial charge is 0.389 e. The van der Waals surface area contributed by atoms with Crippen molar-refractivity contribution in [3.63, 3.8) is 0 Å². The van der Waals surface area contributed by atoms with Crippen LogP contribution in [0.1, 0.15) is 30.7 Å². The summed E-state index contributed by atoms with van der Waals surface area (Å²) in [5.74, 6) is 0.742. The van der Waals surface area contributed by atoms with Crippen LogP contribution in [0, 0.1) is 13.8 Å². The number of nitrogens with one attached hydrogen (secondary N) is 1. The molecular formula is C13H21N3OS. The fraction of sp³-hybridized carbons (Fsp3) is 0.538. The second-order valence-electron chi connectivity index (χ2n) is 4.32. The van der Waals surface area contributed by atoms with Gasteiger partial charge in [0.2, 0.25) is 0 Å². The second-order valence-corrected chi connectivity index (χ2v) is 4.76. The van der Waals surface area contributed by atoms with Crippen LogP contribution >= 0.6 is 12.2 Å². The molecule has 0 aliphatic carbocycles. The van der Waals surface area contributed by atoms with Crippen LogP contribution in [0.15, 0.2) is 6.07 Å². The molecule has 18 heavy (non-hydrogen) atoms. The smallest absolute Gasteiger partial charge is 0.136 e. The Balaban J connectivity index is 2.90. The SMILES string of the molecule is CCOC(C)CNc1nc(C)cc(C)c1C(N)=S. The zero-order valence-electron chi connectivity index (χ0n) is 11.4. The maximum atomic E-state index is 5.75. The molecule has 3 N–H and O–H groups in total. The molecule has 0 aliphatic rings. The topological polar surface area (TPSA) is 60.2 Å². The van der Waals surface area contributed by atoms with Crippen LogP contribution in [-0.2, 0) is 4.74 Å². The fourth-order valence-corrected chi connectivity index (χ4v) is 2.12. The van der Waals surface area contributed by atoms with Gasteiger partial charge in [0, 0.05) is 18.8 Å². The van der Waals surface area contributed by atoms with Crippen molar-refractivity contribution < 1.29 is 4.74 Å². The Morgan fingerprint density at radius 3 is 2.78 bits per heavy atom. The van der Waals surface area contributed by atoms with E-state index in [1.54, 1.807) is 0 Å². The van der Waals surface area contributed by atoms with E-state index in [1.807, 2.05) is 33.8 Å². The molecule has 1 rings (SSSR count). The van der Waals surface area contributed by atoms with E-state index < -0.39 is 0 Å². The molecule has 0 aromatic carbocycles. The van der Waals surface area contributed by atoms with Gasteiger partial charge < -0.3 is 15.8 Å². The van der Waals surface area contributed by atoms with Gasteiger partial charge >= 0.3 is 0 Å². The third-order valence-corrected chi connectivity index (χ3v) is 2.80. The number of ether oxygens (including phenoxy) is 1. The standard InChI is InChI=1S/C13H21N3OS/c1-5-17-10(4)7-15-13-11(12(14)18)8(2)6-9(3)16-13/h6,10H,5,7H2,1-4H3,(H2,14,18)(H,15,16). The van der Waals surface area contributed by atoms with Crippen LogP contribution in [-0.4, -0.2) is 29.2 Å². The average molecular weight is 267 g/mol. The van der Waals surface area contributed by atoms with Crippen LogP contribution in [0.2, 0.25) is 0 Å². The van der Waals surface area contributed by atoms with Gasteiger partial charge in [-0.3, -0.25) is 0 Å². The first kappa shape index (κ1) is 14.9. The van der Waals surface area contributed by atoms with Crippen LogP contribution in [0.25, 0.3) is 0 Å². The van der Waals surface area contributed by atoms with Gasteiger partial charge in [0.1, 0.15) is 10.8 Å². The number of aryl methyl sites for hydroxylation is 2. The molecule has 100 valence electrons. The predicted octanol–water partition coefficient (Wildman–Crippen LogP) is 2.17. The highest BCUT2D eigenvalue weighted by Crippen LogP contribution is 2.18. The van der Waals surface area contributed by atoms with Gasteiger partial charge in [-0.2, -0.15) is 0 Å². The number of aromatic nitrogens is 1. The molecule has 0 radical (unpaired) electrons. The summed E-state index contributed by atoms with van der Waals surface area (Å²) in [6.45, 7) is 9.31. The summed E-state index contributed by atoms with van der Waals surface area (Å²) in [6.07, 6.45) is 0.122. The molecule has 0 amide bonds. The summed E-state index contributed by atoms with van der Waals surface area (Å²) in [5, 5.41) is 3.26. The Bertz CT molecular complexity index is 434. The Kier molecular flexibility index (Phi) is 5.50. The van der Waals surface area contributed by atoms with E-state index in [4.69, 9.17) is 22.7 Å². The van der Waals surface area contributed by atoms with Crippen molar-refractivity contribution in [2.75, 3.05) is 18.5 Å². The van der Waals surface area contributed by atoms with E-state index >= 15 is 0 Å². The van der Waals surface area contributed by atoms with E-state index in [1.165, 1.54) is 0 Å². The highest BCUT2D eigenvalue weighted by atomic mass is 32.1. The molecule has 1 aromatic rings. The van der Waals surface area contributed by atoms with Crippen LogP contribution in [0.3, 0.4) is 0 Å². The minimum Gasteiger partial charge on any atom is -0.389 e. The molecule has 0 aliphatic heterocycles. The monoisotopic (exact) mass is 267 g/mol. The normalized spacial score (nSPS) is 12.2. The van der Waals surface area contributed by atoms with Gasteiger partial charge in [-0.15, -0.1) is 0 Å². The Hall–Kier alpha value is -1.20. The summed E-state index contributed by atoms with van der Waals surface area (Å²) in [4.78, 5) is 4.82. The van der Waals surface area contributed by atoms with Crippen molar-refractivity contribution in [1.29, 1.82) is 0 Å². The molecule has 0 fully saturated rings. The van der Waals surface area contributed by atoms with Gasteiger partial charge in [0.25, 0.3) is 0 Å². The highest BCUT2D eigenvalue weighted by molar-refractivity contribution is 7.80. The molecule has 0 saturated heterocycles. The number of nitrogens with zero attached hydrogens (tertiary/aromatic N) is 1. The molecule has 0 saturated carbocycles. The quantitative estimate of drug-likeness (QED) is 0.774. The first-order valence-electron chi connectivity index (χ1n) is 6.09. The van der Waals surface area contributed by atoms with E-state index in [0.717, 1.165) is 22.6 Å². The number of anilines is 1. The lowest BCUT2D eigenvalue weighted by molar-refractivity contribution is 0.0855. The predicted molar refractivity (Wildman–Crippen MR) is 79.2 cm³/mol. The number of hydrogen-bond acceptors (Lipinski definition) is 4. The number of nitrogens with two attached hydrogens (primary N) is 1. The molecule has 0 bridgehead atoms. The van der Waals surface area contributed by atoms with E-state index in [0.29, 0.717) is 18.1 Å². The van der Waals surface area contributed by atoms with Gasteiger partial charge in [-0.05, 0) is 39.3 Å². The van der Waals surface area contributed by atoms with E-state index in [9.17, 15) is 0 Å². The molecule has 1 heterocycles. The number of hydrogen-bond donors (Lipinski definition) is 2. The first-order valence-corrected chi connectivity index (χ1v) is 6.50. The molecule has 1 atom stereocenters. The highest BCUT2D eigenvalue weighted by Gasteiger charge is 2.12. The maximum Gasteiger partial charge on any atom is 0.136 e. The fourth-order valence-electron chi connectivity index (χ4n) is 1.86. The van der Waals surface area contributed by atoms with E-state index in [2.05, 4.69) is 10.3 Å². The summed E-state index contributed by atoms with van der Waals surface area (Å²) < 4.78 is 5.47. The first-order chi connectivity index (χ1) is 8.45. The van der Waals surface area contributed by atoms with Crippen molar-refractivity contribution in [2.45, 2.75) is 33.8 Å². The third-order valence-electron chi connectivity index (χ3n) is 2.60. The van der Waals surface area contributed by atoms with Crippen LogP contribution in [0.5, 0.6) is 0 Å². The Labute approximate surface area is 114 Å². The minimum absolute atomic E-state index is 0.122. The zero-order valence-corrected chi connectivity index (χ0v) is 12.2. The van der Waals surface area contributed by atoms with Gasteiger partial charge in [-0.1, -0.05) is 12.2 Å². The lowest BCUT2D eigenvalue weighted by atomic mass is 10.1. The minimum atomic E-state index is 0.122. The van der Waals surface area contributed by atoms with Gasteiger partial charge in [0.15, 0.2) is 0 Å². The second kappa shape index (κ2) is 6.66. The zero-order chi connectivity index (χ0) is 13.7. The number of pyridine rings is 1. The lowest BCUT2D eigenvalue weighted by Crippen LogP contribution is -2.23. The van der Waals surface area contributed by atoms with Gasteiger partial charge in [0.05, 0.1) is 11.7 Å². The molecule has 4 nitrogen and oxygen atoms in total. The summed E-state index contributed by atoms with van der Waals surface area (Å²) in [5.41, 5.74) is 8.56. The number of rotatable bonds is 6.